The third-order valence-electron chi connectivity index (χ3n) is 2.73. The molecule has 0 atom stereocenters. The molecule has 0 amide bonds. The van der Waals surface area contributed by atoms with Gasteiger partial charge in [-0.3, -0.25) is 0 Å². The predicted octanol–water partition coefficient (Wildman–Crippen LogP) is 3.31. The molecule has 0 unspecified atom stereocenters. The topological polar surface area (TPSA) is 29.5 Å². The molecular formula is C14H10F4O2. The van der Waals surface area contributed by atoms with Crippen LogP contribution in [0.2, 0.25) is 0 Å². The molecule has 0 saturated heterocycles. The lowest BCUT2D eigenvalue weighted by Crippen LogP contribution is -2.11. The molecule has 0 heterocycles. The molecule has 2 rings (SSSR count). The lowest BCUT2D eigenvalue weighted by molar-refractivity contribution is 0.255. The van der Waals surface area contributed by atoms with Crippen molar-refractivity contribution >= 4 is 0 Å². The van der Waals surface area contributed by atoms with E-state index < -0.39 is 47.6 Å². The Balaban J connectivity index is 2.33. The zero-order chi connectivity index (χ0) is 14.7. The number of rotatable bonds is 4. The summed E-state index contributed by atoms with van der Waals surface area (Å²) in [6.45, 7) is -1.80. The lowest BCUT2D eigenvalue weighted by atomic mass is 10.1. The number of halogens is 4. The third-order valence-corrected chi connectivity index (χ3v) is 2.73. The third kappa shape index (κ3) is 2.60. The molecule has 0 aliphatic carbocycles. The molecule has 0 bridgehead atoms. The van der Waals surface area contributed by atoms with Gasteiger partial charge in [0.15, 0.2) is 23.3 Å². The molecule has 0 saturated carbocycles. The molecule has 0 radical (unpaired) electrons. The summed E-state index contributed by atoms with van der Waals surface area (Å²) in [6.07, 6.45) is 0. The van der Waals surface area contributed by atoms with E-state index in [1.807, 2.05) is 0 Å². The number of para-hydroxylation sites is 1. The molecule has 0 aromatic heterocycles. The van der Waals surface area contributed by atoms with Crippen molar-refractivity contribution < 1.29 is 27.4 Å². The molecule has 0 spiro atoms. The molecule has 2 aromatic rings. The highest BCUT2D eigenvalue weighted by atomic mass is 19.2. The quantitative estimate of drug-likeness (QED) is 0.690. The Morgan fingerprint density at radius 2 is 1.30 bits per heavy atom. The molecule has 106 valence electrons. The monoisotopic (exact) mass is 286 g/mol. The number of aliphatic hydroxyl groups excluding tert-OH is 1. The molecular weight excluding hydrogens is 276 g/mol. The van der Waals surface area contributed by atoms with Crippen LogP contribution >= 0.6 is 0 Å². The number of aliphatic hydroxyl groups is 1. The highest BCUT2D eigenvalue weighted by Crippen LogP contribution is 2.25. The molecule has 0 aliphatic heterocycles. The van der Waals surface area contributed by atoms with Crippen molar-refractivity contribution in [1.29, 1.82) is 0 Å². The van der Waals surface area contributed by atoms with Gasteiger partial charge in [0, 0.05) is 0 Å². The van der Waals surface area contributed by atoms with E-state index in [9.17, 15) is 17.6 Å². The van der Waals surface area contributed by atoms with Crippen molar-refractivity contribution in [3.05, 3.63) is 64.7 Å². The van der Waals surface area contributed by atoms with Crippen molar-refractivity contribution in [2.75, 3.05) is 0 Å². The van der Waals surface area contributed by atoms with Crippen molar-refractivity contribution in [2.45, 2.75) is 13.2 Å². The Hall–Kier alpha value is -2.08. The second kappa shape index (κ2) is 5.92. The van der Waals surface area contributed by atoms with Gasteiger partial charge in [0.2, 0.25) is 0 Å². The minimum Gasteiger partial charge on any atom is -0.489 e. The van der Waals surface area contributed by atoms with Crippen LogP contribution in [0.15, 0.2) is 30.3 Å². The summed E-state index contributed by atoms with van der Waals surface area (Å²) in [5.41, 5.74) is -1.90. The largest absolute Gasteiger partial charge is 0.489 e. The van der Waals surface area contributed by atoms with E-state index in [1.165, 1.54) is 12.1 Å². The van der Waals surface area contributed by atoms with Crippen LogP contribution < -0.4 is 4.74 Å². The first-order chi connectivity index (χ1) is 9.56. The fraction of sp³-hybridized carbons (Fsp3) is 0.143. The van der Waals surface area contributed by atoms with Crippen molar-refractivity contribution in [3.8, 4) is 5.75 Å². The minimum absolute atomic E-state index is 0.304. The smallest absolute Gasteiger partial charge is 0.168 e. The van der Waals surface area contributed by atoms with E-state index in [2.05, 4.69) is 0 Å². The Morgan fingerprint density at radius 3 is 1.80 bits per heavy atom. The van der Waals surface area contributed by atoms with Gasteiger partial charge < -0.3 is 9.84 Å². The van der Waals surface area contributed by atoms with Gasteiger partial charge in [-0.1, -0.05) is 18.2 Å². The van der Waals surface area contributed by atoms with Crippen LogP contribution in [0, 0.1) is 23.3 Å². The Labute approximate surface area is 112 Å². The van der Waals surface area contributed by atoms with Crippen LogP contribution in [0.1, 0.15) is 11.1 Å². The van der Waals surface area contributed by atoms with Gasteiger partial charge in [0.1, 0.15) is 12.4 Å². The van der Waals surface area contributed by atoms with Crippen LogP contribution in [0.4, 0.5) is 17.6 Å². The molecule has 0 aliphatic rings. The van der Waals surface area contributed by atoms with Gasteiger partial charge in [0.25, 0.3) is 0 Å². The molecule has 6 heteroatoms. The highest BCUT2D eigenvalue weighted by molar-refractivity contribution is 5.30. The van der Waals surface area contributed by atoms with Gasteiger partial charge in [-0.15, -0.1) is 0 Å². The average molecular weight is 286 g/mol. The van der Waals surface area contributed by atoms with Crippen molar-refractivity contribution in [2.24, 2.45) is 0 Å². The molecule has 20 heavy (non-hydrogen) atoms. The molecule has 1 N–H and O–H groups in total. The van der Waals surface area contributed by atoms with Crippen LogP contribution in [-0.2, 0) is 13.2 Å². The number of hydrogen-bond acceptors (Lipinski definition) is 2. The maximum atomic E-state index is 13.6. The van der Waals surface area contributed by atoms with Gasteiger partial charge >= 0.3 is 0 Å². The van der Waals surface area contributed by atoms with E-state index in [1.54, 1.807) is 18.2 Å². The normalized spacial score (nSPS) is 10.7. The van der Waals surface area contributed by atoms with E-state index in [0.717, 1.165) is 0 Å². The van der Waals surface area contributed by atoms with Crippen molar-refractivity contribution in [3.63, 3.8) is 0 Å². The zero-order valence-electron chi connectivity index (χ0n) is 10.2. The van der Waals surface area contributed by atoms with Gasteiger partial charge in [-0.05, 0) is 12.1 Å². The second-order valence-electron chi connectivity index (χ2n) is 3.97. The Kier molecular flexibility index (Phi) is 4.24. The summed E-state index contributed by atoms with van der Waals surface area (Å²) in [6, 6.07) is 8.05. The van der Waals surface area contributed by atoms with Gasteiger partial charge in [0.05, 0.1) is 17.7 Å². The summed E-state index contributed by atoms with van der Waals surface area (Å²) in [5, 5.41) is 8.70. The lowest BCUT2D eigenvalue weighted by Gasteiger charge is -2.11. The number of benzene rings is 2. The van der Waals surface area contributed by atoms with Gasteiger partial charge in [-0.2, -0.15) is 0 Å². The fourth-order valence-corrected chi connectivity index (χ4v) is 1.66. The summed E-state index contributed by atoms with van der Waals surface area (Å²) in [5.74, 6) is -6.05. The fourth-order valence-electron chi connectivity index (χ4n) is 1.66. The van der Waals surface area contributed by atoms with E-state index >= 15 is 0 Å². The molecule has 0 fully saturated rings. The summed E-state index contributed by atoms with van der Waals surface area (Å²) in [4.78, 5) is 0. The second-order valence-corrected chi connectivity index (χ2v) is 3.97. The predicted molar refractivity (Wildman–Crippen MR) is 63.0 cm³/mol. The first-order valence-corrected chi connectivity index (χ1v) is 5.68. The van der Waals surface area contributed by atoms with E-state index in [0.29, 0.717) is 5.75 Å². The molecule has 2 nitrogen and oxygen atoms in total. The maximum Gasteiger partial charge on any atom is 0.168 e. The van der Waals surface area contributed by atoms with Crippen LogP contribution in [-0.4, -0.2) is 5.11 Å². The minimum atomic E-state index is -1.61. The van der Waals surface area contributed by atoms with E-state index in [4.69, 9.17) is 9.84 Å². The first kappa shape index (κ1) is 14.3. The Bertz CT molecular complexity index is 585. The summed E-state index contributed by atoms with van der Waals surface area (Å²) < 4.78 is 59.2. The SMILES string of the molecule is OCc1c(F)c(F)c(COc2ccccc2)c(F)c1F. The molecule has 2 aromatic carbocycles. The number of hydrogen-bond donors (Lipinski definition) is 1. The van der Waals surface area contributed by atoms with Crippen LogP contribution in [0.25, 0.3) is 0 Å². The van der Waals surface area contributed by atoms with Crippen LogP contribution in [0.5, 0.6) is 5.75 Å². The first-order valence-electron chi connectivity index (χ1n) is 5.68. The van der Waals surface area contributed by atoms with E-state index in [-0.39, 0.29) is 0 Å². The van der Waals surface area contributed by atoms with Crippen molar-refractivity contribution in [1.82, 2.24) is 0 Å². The summed E-state index contributed by atoms with van der Waals surface area (Å²) in [7, 11) is 0. The van der Waals surface area contributed by atoms with Crippen LogP contribution in [0.3, 0.4) is 0 Å². The average Bonchev–Trinajstić information content (AvgIpc) is 2.47. The zero-order valence-corrected chi connectivity index (χ0v) is 10.2. The van der Waals surface area contributed by atoms with Gasteiger partial charge in [-0.25, -0.2) is 17.6 Å². The Morgan fingerprint density at radius 1 is 0.800 bits per heavy atom. The highest BCUT2D eigenvalue weighted by Gasteiger charge is 2.25. The number of ether oxygens (including phenoxy) is 1. The summed E-state index contributed by atoms with van der Waals surface area (Å²) >= 11 is 0. The maximum absolute atomic E-state index is 13.6. The standard InChI is InChI=1S/C14H10F4O2/c15-11-9(6-19)12(16)14(18)10(13(11)17)7-20-8-4-2-1-3-5-8/h1-5,19H,6-7H2.